The second-order valence-electron chi connectivity index (χ2n) is 4.94. The molecule has 0 aromatic heterocycles. The number of ether oxygens (including phenoxy) is 1. The summed E-state index contributed by atoms with van der Waals surface area (Å²) in [5, 5.41) is 2.23. The Labute approximate surface area is 125 Å². The van der Waals surface area contributed by atoms with Crippen molar-refractivity contribution in [2.24, 2.45) is 0 Å². The van der Waals surface area contributed by atoms with Crippen LogP contribution in [-0.2, 0) is 16.1 Å². The molecule has 0 saturated carbocycles. The van der Waals surface area contributed by atoms with Crippen molar-refractivity contribution < 1.29 is 27.5 Å². The van der Waals surface area contributed by atoms with Crippen molar-refractivity contribution in [1.29, 1.82) is 0 Å². The van der Waals surface area contributed by atoms with Crippen LogP contribution in [0.3, 0.4) is 0 Å². The van der Waals surface area contributed by atoms with Gasteiger partial charge < -0.3 is 9.64 Å². The summed E-state index contributed by atoms with van der Waals surface area (Å²) in [6.45, 7) is -0.545. The van der Waals surface area contributed by atoms with Gasteiger partial charge in [0.05, 0.1) is 0 Å². The summed E-state index contributed by atoms with van der Waals surface area (Å²) in [6.07, 6.45) is -4.39. The Morgan fingerprint density at radius 3 is 2.77 bits per heavy atom. The van der Waals surface area contributed by atoms with Gasteiger partial charge in [-0.3, -0.25) is 10.1 Å². The SMILES string of the molecule is O=C(Nc1cccc(CN2CCCC2=O)c1)OCC(F)(F)F. The number of alkyl halides is 3. The van der Waals surface area contributed by atoms with Crippen molar-refractivity contribution in [2.45, 2.75) is 25.6 Å². The molecule has 1 fully saturated rings. The second kappa shape index (κ2) is 6.67. The molecule has 120 valence electrons. The number of halogens is 3. The maximum absolute atomic E-state index is 11.9. The first kappa shape index (κ1) is 16.1. The molecule has 0 aliphatic carbocycles. The highest BCUT2D eigenvalue weighted by Gasteiger charge is 2.29. The number of benzene rings is 1. The summed E-state index contributed by atoms with van der Waals surface area (Å²) in [5.41, 5.74) is 1.10. The zero-order chi connectivity index (χ0) is 16.2. The minimum Gasteiger partial charge on any atom is -0.440 e. The van der Waals surface area contributed by atoms with E-state index >= 15 is 0 Å². The molecule has 1 aromatic carbocycles. The van der Waals surface area contributed by atoms with E-state index in [0.29, 0.717) is 25.2 Å². The molecule has 0 unspecified atom stereocenters. The molecular weight excluding hydrogens is 301 g/mol. The van der Waals surface area contributed by atoms with Gasteiger partial charge in [-0.2, -0.15) is 13.2 Å². The molecule has 0 radical (unpaired) electrons. The number of anilines is 1. The van der Waals surface area contributed by atoms with Crippen molar-refractivity contribution in [1.82, 2.24) is 4.90 Å². The van der Waals surface area contributed by atoms with Crippen molar-refractivity contribution >= 4 is 17.7 Å². The van der Waals surface area contributed by atoms with E-state index in [-0.39, 0.29) is 5.91 Å². The van der Waals surface area contributed by atoms with E-state index in [2.05, 4.69) is 10.1 Å². The summed E-state index contributed by atoms with van der Waals surface area (Å²) in [7, 11) is 0. The number of carbonyl (C=O) groups is 2. The maximum atomic E-state index is 11.9. The van der Waals surface area contributed by atoms with Crippen LogP contribution in [0.4, 0.5) is 23.7 Å². The highest BCUT2D eigenvalue weighted by atomic mass is 19.4. The summed E-state index contributed by atoms with van der Waals surface area (Å²) in [4.78, 5) is 24.5. The molecule has 2 rings (SSSR count). The molecule has 8 heteroatoms. The molecule has 0 bridgehead atoms. The first-order valence-electron chi connectivity index (χ1n) is 6.71. The third-order valence-electron chi connectivity index (χ3n) is 3.09. The lowest BCUT2D eigenvalue weighted by Crippen LogP contribution is -2.24. The minimum absolute atomic E-state index is 0.0722. The van der Waals surface area contributed by atoms with Crippen LogP contribution in [-0.4, -0.2) is 36.2 Å². The molecule has 2 amide bonds. The molecule has 1 aromatic rings. The number of rotatable bonds is 4. The van der Waals surface area contributed by atoms with Gasteiger partial charge in [0.2, 0.25) is 5.91 Å². The van der Waals surface area contributed by atoms with E-state index in [0.717, 1.165) is 12.0 Å². The monoisotopic (exact) mass is 316 g/mol. The molecule has 1 N–H and O–H groups in total. The topological polar surface area (TPSA) is 58.6 Å². The van der Waals surface area contributed by atoms with Gasteiger partial charge in [0.15, 0.2) is 6.61 Å². The van der Waals surface area contributed by atoms with Crippen LogP contribution in [0.2, 0.25) is 0 Å². The van der Waals surface area contributed by atoms with Crippen LogP contribution < -0.4 is 5.32 Å². The Morgan fingerprint density at radius 2 is 2.14 bits per heavy atom. The van der Waals surface area contributed by atoms with Crippen LogP contribution in [0.1, 0.15) is 18.4 Å². The van der Waals surface area contributed by atoms with Crippen molar-refractivity contribution in [3.63, 3.8) is 0 Å². The highest BCUT2D eigenvalue weighted by Crippen LogP contribution is 2.18. The quantitative estimate of drug-likeness (QED) is 0.929. The Hall–Kier alpha value is -2.25. The van der Waals surface area contributed by atoms with Gasteiger partial charge in [-0.25, -0.2) is 4.79 Å². The maximum Gasteiger partial charge on any atom is 0.422 e. The number of hydrogen-bond acceptors (Lipinski definition) is 3. The molecule has 0 spiro atoms. The summed E-state index contributed by atoms with van der Waals surface area (Å²) < 4.78 is 39.9. The van der Waals surface area contributed by atoms with Gasteiger partial charge in [0.25, 0.3) is 0 Å². The Morgan fingerprint density at radius 1 is 1.36 bits per heavy atom. The Kier molecular flexibility index (Phi) is 4.89. The molecule has 0 atom stereocenters. The lowest BCUT2D eigenvalue weighted by molar-refractivity contribution is -0.159. The van der Waals surface area contributed by atoms with Crippen LogP contribution in [0.15, 0.2) is 24.3 Å². The average Bonchev–Trinajstić information content (AvgIpc) is 2.82. The number of likely N-dealkylation sites (tertiary alicyclic amines) is 1. The molecule has 5 nitrogen and oxygen atoms in total. The van der Waals surface area contributed by atoms with E-state index in [4.69, 9.17) is 0 Å². The fraction of sp³-hybridized carbons (Fsp3) is 0.429. The van der Waals surface area contributed by atoms with Gasteiger partial charge >= 0.3 is 12.3 Å². The smallest absolute Gasteiger partial charge is 0.422 e. The van der Waals surface area contributed by atoms with Crippen molar-refractivity contribution in [3.8, 4) is 0 Å². The molecule has 1 heterocycles. The molecule has 22 heavy (non-hydrogen) atoms. The zero-order valence-electron chi connectivity index (χ0n) is 11.7. The van der Waals surface area contributed by atoms with Gasteiger partial charge in [-0.05, 0) is 24.1 Å². The summed E-state index contributed by atoms with van der Waals surface area (Å²) in [6, 6.07) is 6.55. The first-order valence-corrected chi connectivity index (χ1v) is 6.71. The van der Waals surface area contributed by atoms with Crippen molar-refractivity contribution in [2.75, 3.05) is 18.5 Å². The van der Waals surface area contributed by atoms with Crippen LogP contribution in [0.25, 0.3) is 0 Å². The normalized spacial score (nSPS) is 15.0. The van der Waals surface area contributed by atoms with E-state index in [1.807, 2.05) is 0 Å². The summed E-state index contributed by atoms with van der Waals surface area (Å²) in [5.74, 6) is 0.0722. The number of hydrogen-bond donors (Lipinski definition) is 1. The number of nitrogens with one attached hydrogen (secondary N) is 1. The van der Waals surface area contributed by atoms with Gasteiger partial charge in [0.1, 0.15) is 0 Å². The third kappa shape index (κ3) is 4.94. The molecule has 1 saturated heterocycles. The molecule has 1 aliphatic rings. The fourth-order valence-electron chi connectivity index (χ4n) is 2.14. The zero-order valence-corrected chi connectivity index (χ0v) is 11.7. The molecule has 1 aliphatic heterocycles. The van der Waals surface area contributed by atoms with Crippen molar-refractivity contribution in [3.05, 3.63) is 29.8 Å². The van der Waals surface area contributed by atoms with Crippen LogP contribution in [0.5, 0.6) is 0 Å². The second-order valence-corrected chi connectivity index (χ2v) is 4.94. The van der Waals surface area contributed by atoms with Gasteiger partial charge in [-0.15, -0.1) is 0 Å². The number of carbonyl (C=O) groups excluding carboxylic acids is 2. The third-order valence-corrected chi connectivity index (χ3v) is 3.09. The Bertz CT molecular complexity index is 561. The lowest BCUT2D eigenvalue weighted by Gasteiger charge is -2.16. The van der Waals surface area contributed by atoms with Gasteiger partial charge in [-0.1, -0.05) is 12.1 Å². The van der Waals surface area contributed by atoms with Gasteiger partial charge in [0, 0.05) is 25.2 Å². The largest absolute Gasteiger partial charge is 0.440 e. The predicted octanol–water partition coefficient (Wildman–Crippen LogP) is 2.92. The van der Waals surface area contributed by atoms with E-state index in [1.54, 1.807) is 23.1 Å². The van der Waals surface area contributed by atoms with E-state index < -0.39 is 18.9 Å². The lowest BCUT2D eigenvalue weighted by atomic mass is 10.2. The number of nitrogens with zero attached hydrogens (tertiary/aromatic N) is 1. The Balaban J connectivity index is 1.91. The van der Waals surface area contributed by atoms with E-state index in [9.17, 15) is 22.8 Å². The summed E-state index contributed by atoms with van der Waals surface area (Å²) >= 11 is 0. The average molecular weight is 316 g/mol. The van der Waals surface area contributed by atoms with E-state index in [1.165, 1.54) is 6.07 Å². The first-order chi connectivity index (χ1) is 10.3. The predicted molar refractivity (Wildman–Crippen MR) is 72.1 cm³/mol. The fourth-order valence-corrected chi connectivity index (χ4v) is 2.14. The minimum atomic E-state index is -4.56. The standard InChI is InChI=1S/C14H15F3N2O3/c15-14(16,17)9-22-13(21)18-11-4-1-3-10(7-11)8-19-6-2-5-12(19)20/h1,3-4,7H,2,5-6,8-9H2,(H,18,21). The van der Waals surface area contributed by atoms with Crippen LogP contribution >= 0.6 is 0 Å². The van der Waals surface area contributed by atoms with Crippen LogP contribution in [0, 0.1) is 0 Å². The molecular formula is C14H15F3N2O3. The number of amides is 2. The highest BCUT2D eigenvalue weighted by molar-refractivity contribution is 5.84.